The molecule has 0 aromatic heterocycles. The Morgan fingerprint density at radius 3 is 2.56 bits per heavy atom. The molecule has 0 aliphatic heterocycles. The zero-order valence-electron chi connectivity index (χ0n) is 12.4. The van der Waals surface area contributed by atoms with Crippen molar-refractivity contribution in [1.82, 2.24) is 9.80 Å². The first kappa shape index (κ1) is 15.4. The predicted octanol–water partition coefficient (Wildman–Crippen LogP) is 1.30. The molecule has 1 fully saturated rings. The molecule has 18 heavy (non-hydrogen) atoms. The Labute approximate surface area is 111 Å². The fraction of sp³-hybridized carbons (Fsp3) is 0.929. The average molecular weight is 255 g/mol. The van der Waals surface area contributed by atoms with Gasteiger partial charge in [0.1, 0.15) is 0 Å². The molecule has 0 aromatic rings. The minimum absolute atomic E-state index is 0.0398. The van der Waals surface area contributed by atoms with Crippen LogP contribution in [0.5, 0.6) is 0 Å². The van der Waals surface area contributed by atoms with Gasteiger partial charge in [-0.3, -0.25) is 9.69 Å². The standard InChI is InChI=1S/C14H29N3O/c1-5-17(10-13(18)16(3)4)14(11-15)8-6-7-12(2)9-14/h12H,5-11,15H2,1-4H3. The molecule has 2 atom stereocenters. The zero-order chi connectivity index (χ0) is 13.8. The van der Waals surface area contributed by atoms with Crippen LogP contribution in [0.25, 0.3) is 0 Å². The lowest BCUT2D eigenvalue weighted by molar-refractivity contribution is -0.132. The van der Waals surface area contributed by atoms with Crippen molar-refractivity contribution in [2.24, 2.45) is 11.7 Å². The molecule has 4 nitrogen and oxygen atoms in total. The van der Waals surface area contributed by atoms with E-state index in [0.29, 0.717) is 19.0 Å². The van der Waals surface area contributed by atoms with Crippen LogP contribution in [0.3, 0.4) is 0 Å². The van der Waals surface area contributed by atoms with E-state index in [1.54, 1.807) is 4.90 Å². The van der Waals surface area contributed by atoms with Gasteiger partial charge >= 0.3 is 0 Å². The Balaban J connectivity index is 2.79. The quantitative estimate of drug-likeness (QED) is 0.805. The van der Waals surface area contributed by atoms with Gasteiger partial charge < -0.3 is 10.6 Å². The summed E-state index contributed by atoms with van der Waals surface area (Å²) in [6, 6.07) is 0. The highest BCUT2D eigenvalue weighted by Crippen LogP contribution is 2.36. The van der Waals surface area contributed by atoms with Crippen molar-refractivity contribution >= 4 is 5.91 Å². The topological polar surface area (TPSA) is 49.6 Å². The van der Waals surface area contributed by atoms with Gasteiger partial charge in [-0.05, 0) is 25.3 Å². The summed E-state index contributed by atoms with van der Waals surface area (Å²) in [5.74, 6) is 0.883. The van der Waals surface area contributed by atoms with E-state index < -0.39 is 0 Å². The minimum Gasteiger partial charge on any atom is -0.348 e. The minimum atomic E-state index is 0.0398. The SMILES string of the molecule is CCN(CC(=O)N(C)C)C1(CN)CCCC(C)C1. The number of rotatable bonds is 5. The van der Waals surface area contributed by atoms with Crippen molar-refractivity contribution < 1.29 is 4.79 Å². The summed E-state index contributed by atoms with van der Waals surface area (Å²) in [6.07, 6.45) is 4.77. The lowest BCUT2D eigenvalue weighted by Crippen LogP contribution is -2.58. The van der Waals surface area contributed by atoms with Gasteiger partial charge in [-0.2, -0.15) is 0 Å². The Bertz CT molecular complexity index is 280. The van der Waals surface area contributed by atoms with Crippen LogP contribution in [0.2, 0.25) is 0 Å². The molecule has 0 aromatic carbocycles. The number of hydrogen-bond donors (Lipinski definition) is 1. The Kier molecular flexibility index (Phi) is 5.60. The van der Waals surface area contributed by atoms with Crippen molar-refractivity contribution in [3.63, 3.8) is 0 Å². The Morgan fingerprint density at radius 2 is 2.11 bits per heavy atom. The summed E-state index contributed by atoms with van der Waals surface area (Å²) in [7, 11) is 3.63. The van der Waals surface area contributed by atoms with Gasteiger partial charge in [-0.1, -0.05) is 26.7 Å². The molecular weight excluding hydrogens is 226 g/mol. The second kappa shape index (κ2) is 6.53. The number of amides is 1. The number of carbonyl (C=O) groups is 1. The first-order valence-electron chi connectivity index (χ1n) is 7.10. The van der Waals surface area contributed by atoms with Gasteiger partial charge in [0.05, 0.1) is 6.54 Å². The molecule has 1 saturated carbocycles. The smallest absolute Gasteiger partial charge is 0.236 e. The molecule has 0 spiro atoms. The summed E-state index contributed by atoms with van der Waals surface area (Å²) in [4.78, 5) is 15.9. The summed E-state index contributed by atoms with van der Waals surface area (Å²) in [5, 5.41) is 0. The molecule has 1 aliphatic carbocycles. The highest BCUT2D eigenvalue weighted by molar-refractivity contribution is 5.77. The largest absolute Gasteiger partial charge is 0.348 e. The Morgan fingerprint density at radius 1 is 1.44 bits per heavy atom. The number of carbonyl (C=O) groups excluding carboxylic acids is 1. The van der Waals surface area contributed by atoms with E-state index in [9.17, 15) is 4.79 Å². The van der Waals surface area contributed by atoms with E-state index in [1.807, 2.05) is 14.1 Å². The van der Waals surface area contributed by atoms with Crippen LogP contribution >= 0.6 is 0 Å². The molecule has 0 bridgehead atoms. The molecule has 0 saturated heterocycles. The fourth-order valence-corrected chi connectivity index (χ4v) is 3.15. The molecule has 1 rings (SSSR count). The van der Waals surface area contributed by atoms with E-state index >= 15 is 0 Å². The third kappa shape index (κ3) is 3.45. The molecule has 2 unspecified atom stereocenters. The average Bonchev–Trinajstić information content (AvgIpc) is 2.35. The number of nitrogens with two attached hydrogens (primary N) is 1. The first-order chi connectivity index (χ1) is 8.45. The lowest BCUT2D eigenvalue weighted by atomic mass is 9.75. The second-order valence-corrected chi connectivity index (χ2v) is 5.93. The van der Waals surface area contributed by atoms with Crippen molar-refractivity contribution in [3.8, 4) is 0 Å². The fourth-order valence-electron chi connectivity index (χ4n) is 3.15. The van der Waals surface area contributed by atoms with Gasteiger partial charge in [0.2, 0.25) is 5.91 Å². The summed E-state index contributed by atoms with van der Waals surface area (Å²) in [5.41, 5.74) is 6.10. The third-order valence-electron chi connectivity index (χ3n) is 4.32. The summed E-state index contributed by atoms with van der Waals surface area (Å²) in [6.45, 7) is 6.47. The lowest BCUT2D eigenvalue weighted by Gasteiger charge is -2.47. The number of hydrogen-bond acceptors (Lipinski definition) is 3. The molecular formula is C14H29N3O. The van der Waals surface area contributed by atoms with Gasteiger partial charge in [0.15, 0.2) is 0 Å². The number of nitrogens with zero attached hydrogens (tertiary/aromatic N) is 2. The van der Waals surface area contributed by atoms with Crippen LogP contribution in [-0.4, -0.2) is 55.0 Å². The van der Waals surface area contributed by atoms with Crippen LogP contribution < -0.4 is 5.73 Å². The predicted molar refractivity (Wildman–Crippen MR) is 75.4 cm³/mol. The van der Waals surface area contributed by atoms with Crippen LogP contribution in [0.4, 0.5) is 0 Å². The summed E-state index contributed by atoms with van der Waals surface area (Å²) < 4.78 is 0. The molecule has 2 N–H and O–H groups in total. The first-order valence-corrected chi connectivity index (χ1v) is 7.10. The molecule has 0 heterocycles. The summed E-state index contributed by atoms with van der Waals surface area (Å²) >= 11 is 0. The van der Waals surface area contributed by atoms with Gasteiger partial charge in [0, 0.05) is 26.2 Å². The molecule has 4 heteroatoms. The van der Waals surface area contributed by atoms with Crippen LogP contribution in [-0.2, 0) is 4.79 Å². The highest BCUT2D eigenvalue weighted by Gasteiger charge is 2.39. The van der Waals surface area contributed by atoms with E-state index in [-0.39, 0.29) is 11.4 Å². The van der Waals surface area contributed by atoms with Crippen LogP contribution in [0.15, 0.2) is 0 Å². The van der Waals surface area contributed by atoms with Gasteiger partial charge in [0.25, 0.3) is 0 Å². The molecule has 106 valence electrons. The van der Waals surface area contributed by atoms with Crippen molar-refractivity contribution in [1.29, 1.82) is 0 Å². The van der Waals surface area contributed by atoms with Crippen molar-refractivity contribution in [3.05, 3.63) is 0 Å². The van der Waals surface area contributed by atoms with Gasteiger partial charge in [-0.25, -0.2) is 0 Å². The maximum atomic E-state index is 11.9. The maximum Gasteiger partial charge on any atom is 0.236 e. The van der Waals surface area contributed by atoms with Crippen molar-refractivity contribution in [2.75, 3.05) is 33.7 Å². The van der Waals surface area contributed by atoms with Gasteiger partial charge in [-0.15, -0.1) is 0 Å². The maximum absolute atomic E-state index is 11.9. The second-order valence-electron chi connectivity index (χ2n) is 5.93. The monoisotopic (exact) mass is 255 g/mol. The van der Waals surface area contributed by atoms with E-state index in [1.165, 1.54) is 12.8 Å². The van der Waals surface area contributed by atoms with Crippen molar-refractivity contribution in [2.45, 2.75) is 45.1 Å². The number of likely N-dealkylation sites (N-methyl/N-ethyl adjacent to an activating group) is 2. The molecule has 1 aliphatic rings. The molecule has 1 amide bonds. The van der Waals surface area contributed by atoms with E-state index in [0.717, 1.165) is 19.4 Å². The van der Waals surface area contributed by atoms with Crippen LogP contribution in [0, 0.1) is 5.92 Å². The Hall–Kier alpha value is -0.610. The third-order valence-corrected chi connectivity index (χ3v) is 4.32. The highest BCUT2D eigenvalue weighted by atomic mass is 16.2. The van der Waals surface area contributed by atoms with Crippen LogP contribution in [0.1, 0.15) is 39.5 Å². The zero-order valence-corrected chi connectivity index (χ0v) is 12.4. The molecule has 0 radical (unpaired) electrons. The normalized spacial score (nSPS) is 28.4. The van der Waals surface area contributed by atoms with E-state index in [4.69, 9.17) is 5.73 Å². The van der Waals surface area contributed by atoms with E-state index in [2.05, 4.69) is 18.7 Å².